The molecule has 0 aliphatic heterocycles. The van der Waals surface area contributed by atoms with Crippen molar-refractivity contribution in [2.24, 2.45) is 0 Å². The van der Waals surface area contributed by atoms with Crippen LogP contribution >= 0.6 is 15.9 Å². The highest BCUT2D eigenvalue weighted by molar-refractivity contribution is 9.09. The maximum Gasteiger partial charge on any atom is 0.255 e. The second kappa shape index (κ2) is 5.89. The molecule has 0 bridgehead atoms. The molecular weight excluding hydrogens is 306 g/mol. The number of para-hydroxylation sites is 1. The normalized spacial score (nSPS) is 11.9. The predicted molar refractivity (Wildman–Crippen MR) is 79.8 cm³/mol. The molecule has 0 saturated carbocycles. The first-order valence-electron chi connectivity index (χ1n) is 5.91. The zero-order chi connectivity index (χ0) is 13.8. The number of phenolic OH excluding ortho intramolecular Hbond substituents is 1. The number of phenols is 1. The van der Waals surface area contributed by atoms with Gasteiger partial charge in [0.1, 0.15) is 5.75 Å². The third-order valence-electron chi connectivity index (χ3n) is 2.77. The van der Waals surface area contributed by atoms with Gasteiger partial charge in [0.05, 0.1) is 0 Å². The first-order valence-corrected chi connectivity index (χ1v) is 6.83. The van der Waals surface area contributed by atoms with Crippen LogP contribution < -0.4 is 5.32 Å². The topological polar surface area (TPSA) is 49.3 Å². The minimum atomic E-state index is -0.194. The molecule has 0 fully saturated rings. The molecule has 19 heavy (non-hydrogen) atoms. The Bertz CT molecular complexity index is 579. The van der Waals surface area contributed by atoms with Gasteiger partial charge in [0, 0.05) is 16.1 Å². The number of alkyl halides is 1. The Labute approximate surface area is 120 Å². The highest BCUT2D eigenvalue weighted by Gasteiger charge is 2.11. The molecule has 0 saturated heterocycles. The maximum absolute atomic E-state index is 12.1. The van der Waals surface area contributed by atoms with Crippen molar-refractivity contribution in [3.05, 3.63) is 59.7 Å². The van der Waals surface area contributed by atoms with Gasteiger partial charge in [0.25, 0.3) is 5.91 Å². The van der Waals surface area contributed by atoms with Crippen LogP contribution in [0.1, 0.15) is 27.7 Å². The monoisotopic (exact) mass is 319 g/mol. The number of benzene rings is 2. The van der Waals surface area contributed by atoms with Crippen molar-refractivity contribution in [3.8, 4) is 5.75 Å². The summed E-state index contributed by atoms with van der Waals surface area (Å²) >= 11 is 3.50. The standard InChI is InChI=1S/C15H14BrNO2/c1-10(16)13-4-2-3-5-14(13)17-15(19)11-6-8-12(18)9-7-11/h2-10,18H,1H3,(H,17,19). The summed E-state index contributed by atoms with van der Waals surface area (Å²) < 4.78 is 0. The zero-order valence-corrected chi connectivity index (χ0v) is 12.0. The Morgan fingerprint density at radius 1 is 1.16 bits per heavy atom. The average Bonchev–Trinajstić information content (AvgIpc) is 2.39. The van der Waals surface area contributed by atoms with Crippen LogP contribution in [0.2, 0.25) is 0 Å². The fraction of sp³-hybridized carbons (Fsp3) is 0.133. The van der Waals surface area contributed by atoms with Crippen molar-refractivity contribution in [3.63, 3.8) is 0 Å². The van der Waals surface area contributed by atoms with Crippen molar-refractivity contribution in [1.29, 1.82) is 0 Å². The number of hydrogen-bond acceptors (Lipinski definition) is 2. The lowest BCUT2D eigenvalue weighted by atomic mass is 10.1. The third-order valence-corrected chi connectivity index (χ3v) is 3.26. The highest BCUT2D eigenvalue weighted by Crippen LogP contribution is 2.28. The van der Waals surface area contributed by atoms with Gasteiger partial charge in [0.15, 0.2) is 0 Å². The van der Waals surface area contributed by atoms with Crippen molar-refractivity contribution < 1.29 is 9.90 Å². The van der Waals surface area contributed by atoms with Crippen molar-refractivity contribution in [2.45, 2.75) is 11.8 Å². The summed E-state index contributed by atoms with van der Waals surface area (Å²) in [5.74, 6) is -0.0494. The molecule has 2 rings (SSSR count). The van der Waals surface area contributed by atoms with E-state index < -0.39 is 0 Å². The molecule has 3 nitrogen and oxygen atoms in total. The van der Waals surface area contributed by atoms with Gasteiger partial charge in [-0.25, -0.2) is 0 Å². The summed E-state index contributed by atoms with van der Waals surface area (Å²) in [4.78, 5) is 12.2. The van der Waals surface area contributed by atoms with Gasteiger partial charge in [-0.15, -0.1) is 0 Å². The van der Waals surface area contributed by atoms with Gasteiger partial charge in [-0.1, -0.05) is 34.1 Å². The van der Waals surface area contributed by atoms with Gasteiger partial charge in [0.2, 0.25) is 0 Å². The van der Waals surface area contributed by atoms with E-state index in [-0.39, 0.29) is 16.5 Å². The van der Waals surface area contributed by atoms with E-state index in [0.717, 1.165) is 11.3 Å². The predicted octanol–water partition coefficient (Wildman–Crippen LogP) is 4.10. The van der Waals surface area contributed by atoms with E-state index in [0.29, 0.717) is 5.56 Å². The fourth-order valence-electron chi connectivity index (χ4n) is 1.77. The molecule has 2 N–H and O–H groups in total. The number of hydrogen-bond donors (Lipinski definition) is 2. The van der Waals surface area contributed by atoms with Gasteiger partial charge < -0.3 is 10.4 Å². The minimum Gasteiger partial charge on any atom is -0.508 e. The van der Waals surface area contributed by atoms with E-state index in [1.807, 2.05) is 31.2 Å². The molecule has 1 unspecified atom stereocenters. The molecule has 0 aromatic heterocycles. The number of carbonyl (C=O) groups excluding carboxylic acids is 1. The van der Waals surface area contributed by atoms with Gasteiger partial charge in [-0.2, -0.15) is 0 Å². The third kappa shape index (κ3) is 3.35. The van der Waals surface area contributed by atoms with E-state index in [9.17, 15) is 9.90 Å². The molecule has 4 heteroatoms. The summed E-state index contributed by atoms with van der Waals surface area (Å²) in [6.45, 7) is 2.01. The Balaban J connectivity index is 2.22. The molecule has 0 heterocycles. The van der Waals surface area contributed by atoms with Crippen molar-refractivity contribution >= 4 is 27.5 Å². The number of anilines is 1. The number of amides is 1. The Hall–Kier alpha value is -1.81. The SMILES string of the molecule is CC(Br)c1ccccc1NC(=O)c1ccc(O)cc1. The van der Waals surface area contributed by atoms with Crippen molar-refractivity contribution in [2.75, 3.05) is 5.32 Å². The van der Waals surface area contributed by atoms with Crippen molar-refractivity contribution in [1.82, 2.24) is 0 Å². The summed E-state index contributed by atoms with van der Waals surface area (Å²) in [5.41, 5.74) is 2.31. The molecule has 0 aliphatic carbocycles. The lowest BCUT2D eigenvalue weighted by molar-refractivity contribution is 0.102. The molecule has 0 aliphatic rings. The average molecular weight is 320 g/mol. The molecule has 1 atom stereocenters. The first kappa shape index (κ1) is 13.6. The molecule has 0 radical (unpaired) electrons. The zero-order valence-electron chi connectivity index (χ0n) is 10.4. The van der Waals surface area contributed by atoms with Gasteiger partial charge in [-0.3, -0.25) is 4.79 Å². The Morgan fingerprint density at radius 3 is 2.42 bits per heavy atom. The van der Waals surface area contributed by atoms with Crippen LogP contribution in [0.25, 0.3) is 0 Å². The number of carbonyl (C=O) groups is 1. The first-order chi connectivity index (χ1) is 9.08. The summed E-state index contributed by atoms with van der Waals surface area (Å²) in [6, 6.07) is 13.8. The van der Waals surface area contributed by atoms with Crippen LogP contribution in [0.15, 0.2) is 48.5 Å². The quantitative estimate of drug-likeness (QED) is 0.837. The summed E-state index contributed by atoms with van der Waals surface area (Å²) in [7, 11) is 0. The number of aromatic hydroxyl groups is 1. The largest absolute Gasteiger partial charge is 0.508 e. The van der Waals surface area contributed by atoms with Crippen LogP contribution in [-0.2, 0) is 0 Å². The number of halogens is 1. The van der Waals surface area contributed by atoms with Crippen LogP contribution in [0, 0.1) is 0 Å². The second-order valence-electron chi connectivity index (χ2n) is 4.20. The van der Waals surface area contributed by atoms with Crippen LogP contribution in [0.5, 0.6) is 5.75 Å². The molecule has 1 amide bonds. The van der Waals surface area contributed by atoms with E-state index in [2.05, 4.69) is 21.2 Å². The number of nitrogens with one attached hydrogen (secondary N) is 1. The second-order valence-corrected chi connectivity index (χ2v) is 5.58. The van der Waals surface area contributed by atoms with E-state index in [1.54, 1.807) is 12.1 Å². The lowest BCUT2D eigenvalue weighted by Gasteiger charge is -2.12. The Morgan fingerprint density at radius 2 is 1.79 bits per heavy atom. The molecule has 0 spiro atoms. The summed E-state index contributed by atoms with van der Waals surface area (Å²) in [6.07, 6.45) is 0. The molecule has 2 aromatic carbocycles. The lowest BCUT2D eigenvalue weighted by Crippen LogP contribution is -2.13. The Kier molecular flexibility index (Phi) is 4.22. The van der Waals surface area contributed by atoms with Crippen LogP contribution in [0.3, 0.4) is 0 Å². The minimum absolute atomic E-state index is 0.144. The number of rotatable bonds is 3. The van der Waals surface area contributed by atoms with E-state index in [4.69, 9.17) is 0 Å². The van der Waals surface area contributed by atoms with E-state index >= 15 is 0 Å². The van der Waals surface area contributed by atoms with Gasteiger partial charge >= 0.3 is 0 Å². The molecular formula is C15H14BrNO2. The summed E-state index contributed by atoms with van der Waals surface area (Å²) in [5, 5.41) is 12.1. The van der Waals surface area contributed by atoms with Crippen LogP contribution in [0.4, 0.5) is 5.69 Å². The fourth-order valence-corrected chi connectivity index (χ4v) is 2.16. The van der Waals surface area contributed by atoms with Crippen LogP contribution in [-0.4, -0.2) is 11.0 Å². The van der Waals surface area contributed by atoms with Gasteiger partial charge in [-0.05, 0) is 42.8 Å². The molecule has 98 valence electrons. The maximum atomic E-state index is 12.1. The smallest absolute Gasteiger partial charge is 0.255 e. The van der Waals surface area contributed by atoms with E-state index in [1.165, 1.54) is 12.1 Å². The highest BCUT2D eigenvalue weighted by atomic mass is 79.9. The molecule has 2 aromatic rings.